The zero-order chi connectivity index (χ0) is 9.10. The van der Waals surface area contributed by atoms with Crippen molar-refractivity contribution in [3.63, 3.8) is 0 Å². The molecule has 0 bridgehead atoms. The molecule has 0 fully saturated rings. The van der Waals surface area contributed by atoms with Gasteiger partial charge in [0.1, 0.15) is 0 Å². The maximum absolute atomic E-state index is 2.27. The third kappa shape index (κ3) is 1.68. The molecule has 0 aliphatic carbocycles. The first-order valence-corrected chi connectivity index (χ1v) is 5.45. The molecular weight excluding hydrogens is 178 g/mol. The predicted molar refractivity (Wildman–Crippen MR) is 57.2 cm³/mol. The maximum Gasteiger partial charge on any atom is 0.0670 e. The van der Waals surface area contributed by atoms with Crippen molar-refractivity contribution in [2.75, 3.05) is 0 Å². The van der Waals surface area contributed by atoms with Gasteiger partial charge in [0.05, 0.1) is 6.04 Å². The molecule has 0 saturated carbocycles. The maximum atomic E-state index is 2.27. The second-order valence-electron chi connectivity index (χ2n) is 3.07. The molecule has 68 valence electrons. The molecule has 0 radical (unpaired) electrons. The summed E-state index contributed by atoms with van der Waals surface area (Å²) in [6.45, 7) is 2.23. The first-order chi connectivity index (χ1) is 6.42. The first-order valence-electron chi connectivity index (χ1n) is 4.57. The molecule has 1 nitrogen and oxygen atoms in total. The Morgan fingerprint density at radius 3 is 2.62 bits per heavy atom. The second kappa shape index (κ2) is 3.79. The van der Waals surface area contributed by atoms with Gasteiger partial charge in [-0.1, -0.05) is 13.0 Å². The van der Waals surface area contributed by atoms with Crippen molar-refractivity contribution in [1.82, 2.24) is 4.57 Å². The highest BCUT2D eigenvalue weighted by atomic mass is 32.1. The van der Waals surface area contributed by atoms with Crippen molar-refractivity contribution >= 4 is 11.3 Å². The fourth-order valence-corrected chi connectivity index (χ4v) is 2.51. The lowest BCUT2D eigenvalue weighted by Gasteiger charge is -2.14. The molecule has 0 aliphatic rings. The van der Waals surface area contributed by atoms with Crippen LogP contribution in [0.25, 0.3) is 0 Å². The van der Waals surface area contributed by atoms with E-state index >= 15 is 0 Å². The van der Waals surface area contributed by atoms with E-state index in [2.05, 4.69) is 53.5 Å². The Balaban J connectivity index is 2.29. The van der Waals surface area contributed by atoms with E-state index < -0.39 is 0 Å². The number of hydrogen-bond acceptors (Lipinski definition) is 1. The summed E-state index contributed by atoms with van der Waals surface area (Å²) in [6.07, 6.45) is 5.41. The smallest absolute Gasteiger partial charge is 0.0670 e. The molecule has 2 rings (SSSR count). The van der Waals surface area contributed by atoms with Gasteiger partial charge in [-0.2, -0.15) is 0 Å². The van der Waals surface area contributed by atoms with Crippen LogP contribution >= 0.6 is 11.3 Å². The van der Waals surface area contributed by atoms with Crippen molar-refractivity contribution in [1.29, 1.82) is 0 Å². The van der Waals surface area contributed by atoms with E-state index in [0.29, 0.717) is 6.04 Å². The van der Waals surface area contributed by atoms with Crippen LogP contribution in [0.2, 0.25) is 0 Å². The zero-order valence-corrected chi connectivity index (χ0v) is 8.50. The van der Waals surface area contributed by atoms with Crippen LogP contribution in [0, 0.1) is 0 Å². The predicted octanol–water partition coefficient (Wildman–Crippen LogP) is 3.55. The van der Waals surface area contributed by atoms with Crippen LogP contribution < -0.4 is 0 Å². The zero-order valence-electron chi connectivity index (χ0n) is 7.68. The van der Waals surface area contributed by atoms with Gasteiger partial charge < -0.3 is 4.57 Å². The molecule has 1 unspecified atom stereocenters. The van der Waals surface area contributed by atoms with Crippen molar-refractivity contribution in [2.24, 2.45) is 0 Å². The van der Waals surface area contributed by atoms with Gasteiger partial charge in [0, 0.05) is 17.3 Å². The van der Waals surface area contributed by atoms with E-state index in [-0.39, 0.29) is 0 Å². The standard InChI is InChI=1S/C11H13NS/c1-2-10(11-6-5-9-13-11)12-7-3-4-8-12/h3-10H,2H2,1H3. The summed E-state index contributed by atoms with van der Waals surface area (Å²) >= 11 is 1.83. The number of aromatic nitrogens is 1. The quantitative estimate of drug-likeness (QED) is 0.699. The molecular formula is C11H13NS. The van der Waals surface area contributed by atoms with Crippen LogP contribution in [0.3, 0.4) is 0 Å². The molecule has 1 atom stereocenters. The lowest BCUT2D eigenvalue weighted by atomic mass is 10.2. The molecule has 2 aromatic heterocycles. The van der Waals surface area contributed by atoms with E-state index in [9.17, 15) is 0 Å². The average molecular weight is 191 g/mol. The molecule has 0 aliphatic heterocycles. The van der Waals surface area contributed by atoms with E-state index in [1.807, 2.05) is 11.3 Å². The third-order valence-electron chi connectivity index (χ3n) is 2.25. The molecule has 2 heterocycles. The normalized spacial score (nSPS) is 13.0. The van der Waals surface area contributed by atoms with Gasteiger partial charge in [0.25, 0.3) is 0 Å². The largest absolute Gasteiger partial charge is 0.346 e. The Kier molecular flexibility index (Phi) is 2.50. The Bertz CT molecular complexity index is 300. The lowest BCUT2D eigenvalue weighted by Crippen LogP contribution is -2.04. The van der Waals surface area contributed by atoms with Gasteiger partial charge >= 0.3 is 0 Å². The minimum Gasteiger partial charge on any atom is -0.346 e. The number of rotatable bonds is 3. The molecule has 2 aromatic rings. The van der Waals surface area contributed by atoms with Crippen LogP contribution in [-0.2, 0) is 0 Å². The van der Waals surface area contributed by atoms with Crippen LogP contribution in [0.4, 0.5) is 0 Å². The van der Waals surface area contributed by atoms with Crippen molar-refractivity contribution in [3.05, 3.63) is 46.9 Å². The Morgan fingerprint density at radius 2 is 2.08 bits per heavy atom. The molecule has 0 saturated heterocycles. The van der Waals surface area contributed by atoms with Gasteiger partial charge in [-0.15, -0.1) is 11.3 Å². The van der Waals surface area contributed by atoms with Crippen LogP contribution in [0.15, 0.2) is 42.0 Å². The minimum absolute atomic E-state index is 0.523. The summed E-state index contributed by atoms with van der Waals surface area (Å²) in [7, 11) is 0. The molecule has 0 spiro atoms. The Labute approximate surface area is 82.6 Å². The van der Waals surface area contributed by atoms with E-state index in [1.54, 1.807) is 0 Å². The lowest BCUT2D eigenvalue weighted by molar-refractivity contribution is 0.579. The molecule has 0 aromatic carbocycles. The van der Waals surface area contributed by atoms with E-state index in [4.69, 9.17) is 0 Å². The fourth-order valence-electron chi connectivity index (χ4n) is 1.60. The van der Waals surface area contributed by atoms with Gasteiger partial charge in [0.2, 0.25) is 0 Å². The van der Waals surface area contributed by atoms with Crippen molar-refractivity contribution in [2.45, 2.75) is 19.4 Å². The summed E-state index contributed by atoms with van der Waals surface area (Å²) in [5, 5.41) is 2.14. The molecule has 2 heteroatoms. The average Bonchev–Trinajstić information content (AvgIpc) is 2.76. The summed E-state index contributed by atoms with van der Waals surface area (Å²) in [6, 6.07) is 9.01. The number of nitrogens with zero attached hydrogens (tertiary/aromatic N) is 1. The summed E-state index contributed by atoms with van der Waals surface area (Å²) in [5.41, 5.74) is 0. The van der Waals surface area contributed by atoms with Crippen molar-refractivity contribution in [3.8, 4) is 0 Å². The molecule has 0 N–H and O–H groups in total. The highest BCUT2D eigenvalue weighted by Gasteiger charge is 2.10. The van der Waals surface area contributed by atoms with Crippen LogP contribution in [-0.4, -0.2) is 4.57 Å². The number of thiophene rings is 1. The summed E-state index contributed by atoms with van der Waals surface area (Å²) in [4.78, 5) is 1.44. The first kappa shape index (κ1) is 8.57. The minimum atomic E-state index is 0.523. The van der Waals surface area contributed by atoms with Gasteiger partial charge in [-0.25, -0.2) is 0 Å². The second-order valence-corrected chi connectivity index (χ2v) is 4.05. The monoisotopic (exact) mass is 191 g/mol. The highest BCUT2D eigenvalue weighted by Crippen LogP contribution is 2.25. The summed E-state index contributed by atoms with van der Waals surface area (Å²) in [5.74, 6) is 0. The fraction of sp³-hybridized carbons (Fsp3) is 0.273. The van der Waals surface area contributed by atoms with Crippen LogP contribution in [0.1, 0.15) is 24.3 Å². The number of hydrogen-bond donors (Lipinski definition) is 0. The van der Waals surface area contributed by atoms with E-state index in [0.717, 1.165) is 6.42 Å². The Hall–Kier alpha value is -1.02. The SMILES string of the molecule is CCC(c1cccs1)n1cccc1. The summed E-state index contributed by atoms with van der Waals surface area (Å²) < 4.78 is 2.27. The van der Waals surface area contributed by atoms with Crippen molar-refractivity contribution < 1.29 is 0 Å². The molecule has 0 amide bonds. The topological polar surface area (TPSA) is 4.93 Å². The van der Waals surface area contributed by atoms with Gasteiger partial charge in [-0.3, -0.25) is 0 Å². The third-order valence-corrected chi connectivity index (χ3v) is 3.22. The Morgan fingerprint density at radius 1 is 1.31 bits per heavy atom. The van der Waals surface area contributed by atoms with Gasteiger partial charge in [0.15, 0.2) is 0 Å². The van der Waals surface area contributed by atoms with E-state index in [1.165, 1.54) is 4.88 Å². The van der Waals surface area contributed by atoms with Gasteiger partial charge in [-0.05, 0) is 30.0 Å². The highest BCUT2D eigenvalue weighted by molar-refractivity contribution is 7.10. The van der Waals surface area contributed by atoms with Crippen LogP contribution in [0.5, 0.6) is 0 Å². The molecule has 13 heavy (non-hydrogen) atoms.